The van der Waals surface area contributed by atoms with Crippen molar-refractivity contribution in [3.8, 4) is 18.1 Å². The lowest BCUT2D eigenvalue weighted by Gasteiger charge is -2.27. The summed E-state index contributed by atoms with van der Waals surface area (Å²) in [7, 11) is 1.59. The molecule has 178 valence electrons. The highest BCUT2D eigenvalue weighted by atomic mass is 16.5. The highest BCUT2D eigenvalue weighted by Gasteiger charge is 2.49. The summed E-state index contributed by atoms with van der Waals surface area (Å²) in [5, 5.41) is 9.51. The predicted octanol–water partition coefficient (Wildman–Crippen LogP) is 1.97. The fourth-order valence-corrected chi connectivity index (χ4v) is 5.66. The summed E-state index contributed by atoms with van der Waals surface area (Å²) >= 11 is 0. The monoisotopic (exact) mass is 462 g/mol. The average Bonchev–Trinajstić information content (AvgIpc) is 3.18. The number of nitrogens with one attached hydrogen (secondary N) is 4. The number of carbonyl (C=O) groups is 3. The van der Waals surface area contributed by atoms with Gasteiger partial charge in [0.15, 0.2) is 0 Å². The molecule has 3 aliphatic rings. The maximum Gasteiger partial charge on any atom is 0.268 e. The molecule has 5 rings (SSSR count). The number of terminal acetylenes is 1. The maximum absolute atomic E-state index is 13.4. The first-order chi connectivity index (χ1) is 16.5. The Kier molecular flexibility index (Phi) is 5.94. The third-order valence-electron chi connectivity index (χ3n) is 7.61. The quantitative estimate of drug-likeness (QED) is 0.449. The minimum atomic E-state index is -0.679. The third-order valence-corrected chi connectivity index (χ3v) is 7.61. The molecule has 8 heteroatoms. The van der Waals surface area contributed by atoms with Gasteiger partial charge in [0.2, 0.25) is 11.8 Å². The number of H-pyrrole nitrogens is 1. The van der Waals surface area contributed by atoms with Crippen molar-refractivity contribution in [2.45, 2.75) is 44.2 Å². The second kappa shape index (κ2) is 9.05. The Morgan fingerprint density at radius 2 is 2.03 bits per heavy atom. The average molecular weight is 463 g/mol. The van der Waals surface area contributed by atoms with Crippen LogP contribution in [0.1, 0.15) is 42.6 Å². The summed E-state index contributed by atoms with van der Waals surface area (Å²) < 4.78 is 5.39. The number of methoxy groups -OCH3 is 1. The lowest BCUT2D eigenvalue weighted by Crippen LogP contribution is -2.53. The first-order valence-electron chi connectivity index (χ1n) is 12.0. The zero-order chi connectivity index (χ0) is 23.8. The van der Waals surface area contributed by atoms with Gasteiger partial charge in [-0.25, -0.2) is 0 Å². The molecule has 0 spiro atoms. The lowest BCUT2D eigenvalue weighted by molar-refractivity contribution is -0.126. The summed E-state index contributed by atoms with van der Waals surface area (Å²) in [5.74, 6) is 3.81. The smallest absolute Gasteiger partial charge is 0.268 e. The normalized spacial score (nSPS) is 26.8. The van der Waals surface area contributed by atoms with Crippen LogP contribution in [-0.4, -0.2) is 48.4 Å². The van der Waals surface area contributed by atoms with E-state index in [4.69, 9.17) is 11.2 Å². The van der Waals surface area contributed by atoms with Crippen molar-refractivity contribution in [1.82, 2.24) is 20.9 Å². The van der Waals surface area contributed by atoms with E-state index in [-0.39, 0.29) is 29.6 Å². The van der Waals surface area contributed by atoms with Gasteiger partial charge in [-0.05, 0) is 68.1 Å². The molecule has 5 unspecified atom stereocenters. The number of aromatic nitrogens is 1. The Hall–Kier alpha value is -3.47. The van der Waals surface area contributed by atoms with Crippen LogP contribution < -0.4 is 20.7 Å². The third kappa shape index (κ3) is 4.35. The number of ether oxygens (including phenoxy) is 1. The van der Waals surface area contributed by atoms with Gasteiger partial charge in [-0.2, -0.15) is 0 Å². The highest BCUT2D eigenvalue weighted by molar-refractivity contribution is 6.01. The number of fused-ring (bicyclic) bond motifs is 2. The van der Waals surface area contributed by atoms with Crippen molar-refractivity contribution in [3.63, 3.8) is 0 Å². The Labute approximate surface area is 198 Å². The Morgan fingerprint density at radius 3 is 2.71 bits per heavy atom. The molecule has 4 N–H and O–H groups in total. The highest BCUT2D eigenvalue weighted by Crippen LogP contribution is 2.55. The molecule has 8 nitrogen and oxygen atoms in total. The number of hydrogen-bond acceptors (Lipinski definition) is 4. The van der Waals surface area contributed by atoms with Crippen molar-refractivity contribution in [1.29, 1.82) is 0 Å². The Morgan fingerprint density at radius 1 is 1.24 bits per heavy atom. The van der Waals surface area contributed by atoms with Crippen molar-refractivity contribution in [3.05, 3.63) is 30.0 Å². The molecule has 1 aromatic heterocycles. The molecule has 1 aliphatic heterocycles. The summed E-state index contributed by atoms with van der Waals surface area (Å²) in [6.07, 6.45) is 9.86. The maximum atomic E-state index is 13.4. The number of aromatic amines is 1. The fourth-order valence-electron chi connectivity index (χ4n) is 5.66. The van der Waals surface area contributed by atoms with Crippen molar-refractivity contribution in [2.24, 2.45) is 23.7 Å². The van der Waals surface area contributed by atoms with E-state index < -0.39 is 12.1 Å². The van der Waals surface area contributed by atoms with E-state index in [1.165, 1.54) is 6.42 Å². The van der Waals surface area contributed by atoms with Crippen LogP contribution in [0.2, 0.25) is 0 Å². The first kappa shape index (κ1) is 22.3. The number of benzene rings is 1. The molecule has 5 atom stereocenters. The Balaban J connectivity index is 1.31. The lowest BCUT2D eigenvalue weighted by atomic mass is 9.92. The number of rotatable bonds is 8. The topological polar surface area (TPSA) is 112 Å². The van der Waals surface area contributed by atoms with Crippen LogP contribution in [-0.2, 0) is 9.59 Å². The first-order valence-corrected chi connectivity index (χ1v) is 12.0. The summed E-state index contributed by atoms with van der Waals surface area (Å²) in [6, 6.07) is 6.07. The second-order valence-electron chi connectivity index (χ2n) is 9.78. The van der Waals surface area contributed by atoms with Gasteiger partial charge in [-0.3, -0.25) is 14.4 Å². The molecule has 0 bridgehead atoms. The van der Waals surface area contributed by atoms with Gasteiger partial charge >= 0.3 is 0 Å². The van der Waals surface area contributed by atoms with E-state index >= 15 is 0 Å². The van der Waals surface area contributed by atoms with Crippen LogP contribution >= 0.6 is 0 Å². The fraction of sp³-hybridized carbons (Fsp3) is 0.500. The number of amides is 3. The van der Waals surface area contributed by atoms with E-state index in [0.29, 0.717) is 42.7 Å². The number of carbonyl (C=O) groups excluding carboxylic acids is 3. The molecule has 2 heterocycles. The Bertz CT molecular complexity index is 1160. The second-order valence-corrected chi connectivity index (χ2v) is 9.78. The van der Waals surface area contributed by atoms with Gasteiger partial charge in [0.25, 0.3) is 5.91 Å². The molecule has 2 aliphatic carbocycles. The van der Waals surface area contributed by atoms with Crippen LogP contribution in [0.3, 0.4) is 0 Å². The SMILES string of the molecule is C#CC(CC1CCNC1=O)NC(=O)C(NC(=O)c1cc2c(OC)cccc2[nH]1)C1CC2CC2C1. The van der Waals surface area contributed by atoms with Crippen molar-refractivity contribution in [2.75, 3.05) is 13.7 Å². The van der Waals surface area contributed by atoms with Gasteiger partial charge in [0.1, 0.15) is 17.5 Å². The predicted molar refractivity (Wildman–Crippen MR) is 127 cm³/mol. The minimum Gasteiger partial charge on any atom is -0.496 e. The molecule has 34 heavy (non-hydrogen) atoms. The van der Waals surface area contributed by atoms with Gasteiger partial charge in [0, 0.05) is 23.4 Å². The molecule has 2 aromatic rings. The summed E-state index contributed by atoms with van der Waals surface area (Å²) in [4.78, 5) is 41.6. The molecular formula is C26H30N4O4. The van der Waals surface area contributed by atoms with Gasteiger partial charge in [-0.15, -0.1) is 6.42 Å². The zero-order valence-corrected chi connectivity index (χ0v) is 19.2. The summed E-state index contributed by atoms with van der Waals surface area (Å²) in [5.41, 5.74) is 1.16. The van der Waals surface area contributed by atoms with Gasteiger partial charge < -0.3 is 25.7 Å². The molecule has 2 saturated carbocycles. The van der Waals surface area contributed by atoms with Crippen LogP contribution in [0.5, 0.6) is 5.75 Å². The molecule has 1 saturated heterocycles. The molecule has 0 radical (unpaired) electrons. The van der Waals surface area contributed by atoms with E-state index in [0.717, 1.165) is 23.7 Å². The van der Waals surface area contributed by atoms with E-state index in [1.807, 2.05) is 18.2 Å². The van der Waals surface area contributed by atoms with E-state index in [1.54, 1.807) is 13.2 Å². The largest absolute Gasteiger partial charge is 0.496 e. The molecular weight excluding hydrogens is 432 g/mol. The molecule has 1 aromatic carbocycles. The van der Waals surface area contributed by atoms with Gasteiger partial charge in [-0.1, -0.05) is 12.0 Å². The van der Waals surface area contributed by atoms with Crippen molar-refractivity contribution >= 4 is 28.6 Å². The van der Waals surface area contributed by atoms with Crippen LogP contribution in [0.4, 0.5) is 0 Å². The van der Waals surface area contributed by atoms with Crippen LogP contribution in [0.25, 0.3) is 10.9 Å². The van der Waals surface area contributed by atoms with Crippen molar-refractivity contribution < 1.29 is 19.1 Å². The van der Waals surface area contributed by atoms with E-state index in [9.17, 15) is 14.4 Å². The minimum absolute atomic E-state index is 0.0236. The van der Waals surface area contributed by atoms with Gasteiger partial charge in [0.05, 0.1) is 13.2 Å². The number of hydrogen-bond donors (Lipinski definition) is 4. The van der Waals surface area contributed by atoms with Crippen LogP contribution in [0, 0.1) is 36.0 Å². The van der Waals surface area contributed by atoms with E-state index in [2.05, 4.69) is 26.9 Å². The summed E-state index contributed by atoms with van der Waals surface area (Å²) in [6.45, 7) is 0.632. The zero-order valence-electron chi connectivity index (χ0n) is 19.2. The van der Waals surface area contributed by atoms with Crippen LogP contribution in [0.15, 0.2) is 24.3 Å². The molecule has 3 fully saturated rings. The molecule has 3 amide bonds. The standard InChI is InChI=1S/C26H30N4O4/c1-3-18(12-14-7-8-27-24(14)31)28-26(33)23(17-10-15-9-16(15)11-17)30-25(32)21-13-19-20(29-21)5-4-6-22(19)34-2/h1,4-6,13-18,23,29H,7-12H2,2H3,(H,27,31)(H,28,33)(H,30,32).